The van der Waals surface area contributed by atoms with E-state index in [1.807, 2.05) is 0 Å². The molecule has 3 aromatic carbocycles. The summed E-state index contributed by atoms with van der Waals surface area (Å²) in [6.07, 6.45) is -4.78. The molecule has 0 radical (unpaired) electrons. The highest BCUT2D eigenvalue weighted by molar-refractivity contribution is 5.65. The third-order valence-corrected chi connectivity index (χ3v) is 4.63. The highest BCUT2D eigenvalue weighted by Crippen LogP contribution is 2.30. The lowest BCUT2D eigenvalue weighted by Crippen LogP contribution is -2.25. The van der Waals surface area contributed by atoms with Crippen LogP contribution in [0, 0.1) is 5.82 Å². The smallest absolute Gasteiger partial charge is 0.486 e. The molecule has 1 unspecified atom stereocenters. The second kappa shape index (κ2) is 11.6. The third kappa shape index (κ3) is 8.82. The minimum Gasteiger partial charge on any atom is -0.486 e. The molecule has 35 heavy (non-hydrogen) atoms. The Labute approximate surface area is 199 Å². The van der Waals surface area contributed by atoms with E-state index in [1.165, 1.54) is 36.3 Å². The Morgan fingerprint density at radius 1 is 0.857 bits per heavy atom. The average Bonchev–Trinajstić information content (AvgIpc) is 2.78. The van der Waals surface area contributed by atoms with Crippen LogP contribution in [0.5, 0.6) is 23.0 Å². The van der Waals surface area contributed by atoms with Crippen LogP contribution < -0.4 is 14.2 Å². The number of ether oxygens (including phenoxy) is 3. The first-order valence-electron chi connectivity index (χ1n) is 10.5. The van der Waals surface area contributed by atoms with E-state index in [0.29, 0.717) is 30.2 Å². The molecular weight excluding hydrogens is 470 g/mol. The van der Waals surface area contributed by atoms with Crippen molar-refractivity contribution in [1.29, 1.82) is 0 Å². The van der Waals surface area contributed by atoms with Gasteiger partial charge in [0, 0.05) is 26.9 Å². The molecule has 0 aromatic heterocycles. The second-order valence-electron chi connectivity index (χ2n) is 7.47. The minimum atomic E-state index is -4.76. The number of hydroxylamine groups is 2. The molecule has 10 heteroatoms. The van der Waals surface area contributed by atoms with Crippen LogP contribution in [0.25, 0.3) is 0 Å². The van der Waals surface area contributed by atoms with Gasteiger partial charge >= 0.3 is 12.3 Å². The zero-order valence-electron chi connectivity index (χ0n) is 18.9. The van der Waals surface area contributed by atoms with E-state index in [2.05, 4.69) is 4.74 Å². The molecule has 6 nitrogen and oxygen atoms in total. The molecule has 3 rings (SSSR count). The van der Waals surface area contributed by atoms with Crippen molar-refractivity contribution in [2.75, 3.05) is 13.6 Å². The van der Waals surface area contributed by atoms with Gasteiger partial charge in [-0.1, -0.05) is 12.1 Å². The molecule has 0 heterocycles. The molecule has 0 aliphatic heterocycles. The van der Waals surface area contributed by atoms with E-state index in [1.54, 1.807) is 43.4 Å². The van der Waals surface area contributed by atoms with Crippen LogP contribution in [0.3, 0.4) is 0 Å². The normalized spacial score (nSPS) is 12.2. The Kier molecular flexibility index (Phi) is 8.53. The Bertz CT molecular complexity index is 1090. The van der Waals surface area contributed by atoms with Gasteiger partial charge in [0.15, 0.2) is 0 Å². The van der Waals surface area contributed by atoms with Crippen molar-refractivity contribution in [3.05, 3.63) is 84.2 Å². The molecule has 0 bridgehead atoms. The van der Waals surface area contributed by atoms with Gasteiger partial charge in [0.05, 0.1) is 0 Å². The molecule has 0 aliphatic carbocycles. The molecule has 0 spiro atoms. The molecule has 0 aliphatic rings. The summed E-state index contributed by atoms with van der Waals surface area (Å²) in [5, 5.41) is 1.39. The highest BCUT2D eigenvalue weighted by Gasteiger charge is 2.31. The van der Waals surface area contributed by atoms with Crippen molar-refractivity contribution >= 4 is 5.97 Å². The second-order valence-corrected chi connectivity index (χ2v) is 7.47. The van der Waals surface area contributed by atoms with Crippen LogP contribution in [-0.2, 0) is 9.63 Å². The molecule has 0 saturated heterocycles. The molecule has 0 N–H and O–H groups in total. The number of alkyl halides is 3. The summed E-state index contributed by atoms with van der Waals surface area (Å²) in [7, 11) is 1.62. The fourth-order valence-corrected chi connectivity index (χ4v) is 3.13. The van der Waals surface area contributed by atoms with Gasteiger partial charge in [-0.05, 0) is 66.2 Å². The lowest BCUT2D eigenvalue weighted by atomic mass is 10.1. The van der Waals surface area contributed by atoms with Gasteiger partial charge in [0.1, 0.15) is 34.9 Å². The standard InChI is InChI=1S/C25H23F4NO5/c1-17(31)35-30(2)16-15-24(18-3-5-19(26)6-4-18)33-22-9-7-20(8-10-22)32-21-11-13-23(14-12-21)34-25(27,28)29/h3-14,24H,15-16H2,1-2H3. The van der Waals surface area contributed by atoms with Gasteiger partial charge in [-0.3, -0.25) is 4.79 Å². The van der Waals surface area contributed by atoms with Crippen LogP contribution in [0.1, 0.15) is 25.0 Å². The van der Waals surface area contributed by atoms with Gasteiger partial charge in [-0.25, -0.2) is 4.39 Å². The first-order chi connectivity index (χ1) is 16.6. The van der Waals surface area contributed by atoms with E-state index in [-0.39, 0.29) is 11.6 Å². The summed E-state index contributed by atoms with van der Waals surface area (Å²) in [4.78, 5) is 16.1. The quantitative estimate of drug-likeness (QED) is 0.239. The molecule has 0 amide bonds. The van der Waals surface area contributed by atoms with Crippen molar-refractivity contribution in [2.24, 2.45) is 0 Å². The van der Waals surface area contributed by atoms with Crippen molar-refractivity contribution in [3.8, 4) is 23.0 Å². The largest absolute Gasteiger partial charge is 0.573 e. The van der Waals surface area contributed by atoms with Gasteiger partial charge < -0.3 is 19.0 Å². The van der Waals surface area contributed by atoms with Crippen LogP contribution >= 0.6 is 0 Å². The minimum absolute atomic E-state index is 0.325. The topological polar surface area (TPSA) is 57.2 Å². The number of rotatable bonds is 10. The molecule has 186 valence electrons. The van der Waals surface area contributed by atoms with Crippen molar-refractivity contribution in [3.63, 3.8) is 0 Å². The summed E-state index contributed by atoms with van der Waals surface area (Å²) >= 11 is 0. The maximum atomic E-state index is 13.4. The summed E-state index contributed by atoms with van der Waals surface area (Å²) in [5.41, 5.74) is 0.740. The monoisotopic (exact) mass is 493 g/mol. The van der Waals surface area contributed by atoms with E-state index in [9.17, 15) is 22.4 Å². The summed E-state index contributed by atoms with van der Waals surface area (Å²) in [6.45, 7) is 1.68. The van der Waals surface area contributed by atoms with Crippen molar-refractivity contribution < 1.29 is 41.4 Å². The highest BCUT2D eigenvalue weighted by atomic mass is 19.4. The van der Waals surface area contributed by atoms with E-state index in [4.69, 9.17) is 14.3 Å². The molecule has 3 aromatic rings. The zero-order valence-corrected chi connectivity index (χ0v) is 18.9. The Morgan fingerprint density at radius 2 is 1.37 bits per heavy atom. The van der Waals surface area contributed by atoms with Gasteiger partial charge in [-0.15, -0.1) is 18.2 Å². The summed E-state index contributed by atoms with van der Waals surface area (Å²) in [6, 6.07) is 17.6. The molecule has 0 saturated carbocycles. The lowest BCUT2D eigenvalue weighted by molar-refractivity contribution is -0.274. The summed E-state index contributed by atoms with van der Waals surface area (Å²) in [5.74, 6) is 0.116. The van der Waals surface area contributed by atoms with Crippen molar-refractivity contribution in [1.82, 2.24) is 5.06 Å². The van der Waals surface area contributed by atoms with Gasteiger partial charge in [-0.2, -0.15) is 0 Å². The maximum Gasteiger partial charge on any atom is 0.573 e. The third-order valence-electron chi connectivity index (χ3n) is 4.63. The predicted octanol–water partition coefficient (Wildman–Crippen LogP) is 6.44. The van der Waals surface area contributed by atoms with Crippen LogP contribution in [0.15, 0.2) is 72.8 Å². The van der Waals surface area contributed by atoms with E-state index >= 15 is 0 Å². The Hall–Kier alpha value is -3.79. The van der Waals surface area contributed by atoms with Crippen LogP contribution in [-0.4, -0.2) is 31.0 Å². The lowest BCUT2D eigenvalue weighted by Gasteiger charge is -2.22. The number of hydrogen-bond donors (Lipinski definition) is 0. The van der Waals surface area contributed by atoms with Crippen molar-refractivity contribution in [2.45, 2.75) is 25.8 Å². The molecular formula is C25H23F4NO5. The maximum absolute atomic E-state index is 13.4. The number of halogens is 4. The fraction of sp³-hybridized carbons (Fsp3) is 0.240. The summed E-state index contributed by atoms with van der Waals surface area (Å²) < 4.78 is 65.8. The SMILES string of the molecule is CC(=O)ON(C)CCC(Oc1ccc(Oc2ccc(OC(F)(F)F)cc2)cc1)c1ccc(F)cc1. The molecule has 1 atom stereocenters. The molecule has 0 fully saturated rings. The van der Waals surface area contributed by atoms with E-state index < -0.39 is 18.4 Å². The number of benzene rings is 3. The zero-order chi connectivity index (χ0) is 25.4. The average molecular weight is 493 g/mol. The van der Waals surface area contributed by atoms with Gasteiger partial charge in [0.25, 0.3) is 0 Å². The number of nitrogens with zero attached hydrogens (tertiary/aromatic N) is 1. The van der Waals surface area contributed by atoms with Gasteiger partial charge in [0.2, 0.25) is 0 Å². The first kappa shape index (κ1) is 25.8. The van der Waals surface area contributed by atoms with Crippen LogP contribution in [0.4, 0.5) is 17.6 Å². The Balaban J connectivity index is 1.65. The number of carbonyl (C=O) groups is 1. The Morgan fingerprint density at radius 3 is 1.89 bits per heavy atom. The predicted molar refractivity (Wildman–Crippen MR) is 118 cm³/mol. The van der Waals surface area contributed by atoms with E-state index in [0.717, 1.165) is 17.7 Å². The number of carbonyl (C=O) groups excluding carboxylic acids is 1. The fourth-order valence-electron chi connectivity index (χ4n) is 3.13. The van der Waals surface area contributed by atoms with Crippen LogP contribution in [0.2, 0.25) is 0 Å². The number of hydrogen-bond acceptors (Lipinski definition) is 6. The first-order valence-corrected chi connectivity index (χ1v) is 10.5.